The summed E-state index contributed by atoms with van der Waals surface area (Å²) in [5, 5.41) is 0. The zero-order valence-electron chi connectivity index (χ0n) is 19.0. The highest BCUT2D eigenvalue weighted by Crippen LogP contribution is 2.51. The number of carbonyl (C=O) groups excluding carboxylic acids is 1. The molecule has 1 aromatic carbocycles. The summed E-state index contributed by atoms with van der Waals surface area (Å²) in [4.78, 5) is 28.0. The van der Waals surface area contributed by atoms with Crippen LogP contribution in [0.25, 0.3) is 11.3 Å². The monoisotopic (exact) mass is 441 g/mol. The molecule has 0 aliphatic heterocycles. The third-order valence-electron chi connectivity index (χ3n) is 6.77. The van der Waals surface area contributed by atoms with Crippen molar-refractivity contribution in [1.29, 1.82) is 0 Å². The van der Waals surface area contributed by atoms with Crippen LogP contribution in [0.15, 0.2) is 23.0 Å². The van der Waals surface area contributed by atoms with Crippen molar-refractivity contribution in [3.8, 4) is 22.8 Å². The summed E-state index contributed by atoms with van der Waals surface area (Å²) in [6, 6.07) is 5.74. The molecule has 172 valence electrons. The minimum absolute atomic E-state index is 0.0599. The normalized spacial score (nSPS) is 16.2. The minimum atomic E-state index is -0.608. The average Bonchev–Trinajstić information content (AvgIpc) is 2.81. The highest BCUT2D eigenvalue weighted by atomic mass is 16.5. The summed E-state index contributed by atoms with van der Waals surface area (Å²) in [5.41, 5.74) is 3.36. The van der Waals surface area contributed by atoms with Gasteiger partial charge in [0.2, 0.25) is 0 Å². The Hall–Kier alpha value is -2.80. The summed E-state index contributed by atoms with van der Waals surface area (Å²) in [6.07, 6.45) is 7.10. The largest absolute Gasteiger partial charge is 0.493 e. The molecule has 0 unspecified atom stereocenters. The van der Waals surface area contributed by atoms with Gasteiger partial charge in [0.25, 0.3) is 5.56 Å². The molecule has 7 heteroatoms. The molecule has 32 heavy (non-hydrogen) atoms. The van der Waals surface area contributed by atoms with Crippen LogP contribution in [0.5, 0.6) is 11.5 Å². The van der Waals surface area contributed by atoms with Crippen LogP contribution in [-0.4, -0.2) is 45.5 Å². The molecular formula is C25H31NO6. The molecule has 1 saturated carbocycles. The maximum atomic E-state index is 12.8. The fourth-order valence-electron chi connectivity index (χ4n) is 5.20. The van der Waals surface area contributed by atoms with Crippen LogP contribution in [0.4, 0.5) is 0 Å². The van der Waals surface area contributed by atoms with Gasteiger partial charge in [-0.05, 0) is 48.6 Å². The van der Waals surface area contributed by atoms with Crippen LogP contribution < -0.4 is 15.0 Å². The van der Waals surface area contributed by atoms with E-state index in [2.05, 4.69) is 4.98 Å². The Kier molecular flexibility index (Phi) is 6.55. The highest BCUT2D eigenvalue weighted by molar-refractivity contribution is 5.90. The second kappa shape index (κ2) is 9.36. The Morgan fingerprint density at radius 1 is 1.03 bits per heavy atom. The van der Waals surface area contributed by atoms with Gasteiger partial charge in [0.15, 0.2) is 11.5 Å². The number of nitrogens with one attached hydrogen (secondary N) is 1. The smallest absolute Gasteiger partial charge is 0.343 e. The van der Waals surface area contributed by atoms with Gasteiger partial charge in [-0.25, -0.2) is 4.79 Å². The van der Waals surface area contributed by atoms with Gasteiger partial charge in [0.1, 0.15) is 5.56 Å². The third-order valence-corrected chi connectivity index (χ3v) is 6.77. The van der Waals surface area contributed by atoms with E-state index in [1.807, 2.05) is 12.1 Å². The summed E-state index contributed by atoms with van der Waals surface area (Å²) >= 11 is 0. The summed E-state index contributed by atoms with van der Waals surface area (Å²) in [6.45, 7) is 1.16. The molecule has 0 saturated heterocycles. The van der Waals surface area contributed by atoms with Crippen LogP contribution in [0.3, 0.4) is 0 Å². The van der Waals surface area contributed by atoms with E-state index in [1.165, 1.54) is 13.5 Å². The summed E-state index contributed by atoms with van der Waals surface area (Å²) in [5.74, 6) is 0.707. The molecule has 0 bridgehead atoms. The van der Waals surface area contributed by atoms with Gasteiger partial charge in [0.05, 0.1) is 26.5 Å². The van der Waals surface area contributed by atoms with Crippen molar-refractivity contribution in [2.75, 3.05) is 34.5 Å². The van der Waals surface area contributed by atoms with Crippen molar-refractivity contribution in [1.82, 2.24) is 4.98 Å². The topological polar surface area (TPSA) is 86.9 Å². The van der Waals surface area contributed by atoms with Crippen LogP contribution in [-0.2, 0) is 21.3 Å². The van der Waals surface area contributed by atoms with Crippen LogP contribution in [0, 0.1) is 0 Å². The van der Waals surface area contributed by atoms with Crippen LogP contribution >= 0.6 is 0 Å². The quantitative estimate of drug-likeness (QED) is 0.516. The molecular weight excluding hydrogens is 410 g/mol. The highest BCUT2D eigenvalue weighted by Gasteiger charge is 2.41. The number of hydrogen-bond donors (Lipinski definition) is 1. The van der Waals surface area contributed by atoms with Crippen molar-refractivity contribution < 1.29 is 23.7 Å². The Labute approximate surface area is 188 Å². The molecule has 0 atom stereocenters. The van der Waals surface area contributed by atoms with Crippen LogP contribution in [0.2, 0.25) is 0 Å². The molecule has 1 spiro atoms. The van der Waals surface area contributed by atoms with Crippen molar-refractivity contribution in [3.63, 3.8) is 0 Å². The SMILES string of the molecule is COCCCOc1cc2c(cc1OC)-c1[nH]c(=O)c(C(=O)OC)cc1C1(CCCCC1)C2. The first-order valence-electron chi connectivity index (χ1n) is 11.2. The number of ether oxygens (including phenoxy) is 4. The predicted molar refractivity (Wildman–Crippen MR) is 121 cm³/mol. The number of hydrogen-bond acceptors (Lipinski definition) is 6. The number of aromatic nitrogens is 1. The van der Waals surface area contributed by atoms with Crippen molar-refractivity contribution in [3.05, 3.63) is 45.2 Å². The first kappa shape index (κ1) is 22.4. The van der Waals surface area contributed by atoms with E-state index in [9.17, 15) is 9.59 Å². The second-order valence-corrected chi connectivity index (χ2v) is 8.67. The fourth-order valence-corrected chi connectivity index (χ4v) is 5.20. The van der Waals surface area contributed by atoms with E-state index in [0.717, 1.165) is 60.9 Å². The number of aromatic amines is 1. The van der Waals surface area contributed by atoms with Gasteiger partial charge >= 0.3 is 5.97 Å². The van der Waals surface area contributed by atoms with Crippen molar-refractivity contribution in [2.45, 2.75) is 50.4 Å². The first-order valence-corrected chi connectivity index (χ1v) is 11.2. The molecule has 1 aromatic heterocycles. The van der Waals surface area contributed by atoms with Crippen molar-refractivity contribution in [2.24, 2.45) is 0 Å². The van der Waals surface area contributed by atoms with E-state index in [4.69, 9.17) is 18.9 Å². The molecule has 2 aliphatic carbocycles. The Bertz CT molecular complexity index is 1050. The maximum absolute atomic E-state index is 12.8. The molecule has 4 rings (SSSR count). The lowest BCUT2D eigenvalue weighted by molar-refractivity contribution is 0.0598. The lowest BCUT2D eigenvalue weighted by Crippen LogP contribution is -2.37. The molecule has 1 fully saturated rings. The third kappa shape index (κ3) is 4.01. The minimum Gasteiger partial charge on any atom is -0.493 e. The number of carbonyl (C=O) groups is 1. The molecule has 0 amide bonds. The number of fused-ring (bicyclic) bond motifs is 4. The molecule has 0 radical (unpaired) electrons. The van der Waals surface area contributed by atoms with Crippen molar-refractivity contribution >= 4 is 5.97 Å². The lowest BCUT2D eigenvalue weighted by atomic mass is 9.62. The molecule has 7 nitrogen and oxygen atoms in total. The Morgan fingerprint density at radius 2 is 1.81 bits per heavy atom. The van der Waals surface area contributed by atoms with Gasteiger partial charge in [-0.3, -0.25) is 4.79 Å². The summed E-state index contributed by atoms with van der Waals surface area (Å²) in [7, 11) is 4.58. The number of methoxy groups -OCH3 is 3. The lowest BCUT2D eigenvalue weighted by Gasteiger charge is -2.43. The van der Waals surface area contributed by atoms with Gasteiger partial charge in [-0.1, -0.05) is 19.3 Å². The van der Waals surface area contributed by atoms with E-state index >= 15 is 0 Å². The first-order chi connectivity index (χ1) is 15.5. The van der Waals surface area contributed by atoms with E-state index in [1.54, 1.807) is 20.3 Å². The average molecular weight is 442 g/mol. The molecule has 1 N–H and O–H groups in total. The van der Waals surface area contributed by atoms with Gasteiger partial charge in [0, 0.05) is 31.1 Å². The standard InChI is InChI=1S/C25H31NO6/c1-29-10-7-11-32-21-12-16-15-25(8-5-4-6-9-25)19-13-18(24(28)31-3)23(27)26-22(19)17(16)14-20(21)30-2/h12-14H,4-11,15H2,1-3H3,(H,26,27). The number of rotatable bonds is 7. The Balaban J connectivity index is 1.84. The summed E-state index contributed by atoms with van der Waals surface area (Å²) < 4.78 is 21.6. The zero-order valence-corrected chi connectivity index (χ0v) is 19.0. The fraction of sp³-hybridized carbons (Fsp3) is 0.520. The Morgan fingerprint density at radius 3 is 2.50 bits per heavy atom. The second-order valence-electron chi connectivity index (χ2n) is 8.67. The number of benzene rings is 1. The van der Waals surface area contributed by atoms with E-state index < -0.39 is 11.5 Å². The van der Waals surface area contributed by atoms with E-state index in [0.29, 0.717) is 24.7 Å². The number of H-pyrrole nitrogens is 1. The van der Waals surface area contributed by atoms with Gasteiger partial charge in [-0.2, -0.15) is 0 Å². The number of pyridine rings is 1. The predicted octanol–water partition coefficient (Wildman–Crippen LogP) is 4.01. The van der Waals surface area contributed by atoms with E-state index in [-0.39, 0.29) is 11.0 Å². The van der Waals surface area contributed by atoms with Crippen LogP contribution in [0.1, 0.15) is 60.0 Å². The molecule has 2 aromatic rings. The van der Waals surface area contributed by atoms with Gasteiger partial charge < -0.3 is 23.9 Å². The zero-order chi connectivity index (χ0) is 22.7. The molecule has 1 heterocycles. The van der Waals surface area contributed by atoms with Gasteiger partial charge in [-0.15, -0.1) is 0 Å². The maximum Gasteiger partial charge on any atom is 0.343 e. The molecule has 2 aliphatic rings. The number of esters is 1.